The Labute approximate surface area is 115 Å². The van der Waals surface area contributed by atoms with Crippen LogP contribution in [0.15, 0.2) is 42.6 Å². The number of carbonyl (C=O) groups is 2. The number of nitrogens with zero attached hydrogens (tertiary/aromatic N) is 1. The van der Waals surface area contributed by atoms with Gasteiger partial charge in [0.25, 0.3) is 5.91 Å². The predicted octanol–water partition coefficient (Wildman–Crippen LogP) is 2.01. The van der Waals surface area contributed by atoms with E-state index in [0.717, 1.165) is 0 Å². The zero-order valence-corrected chi connectivity index (χ0v) is 10.3. The third kappa shape index (κ3) is 3.00. The number of aromatic carboxylic acids is 1. The molecule has 0 spiro atoms. The van der Waals surface area contributed by atoms with E-state index in [9.17, 15) is 9.59 Å². The van der Waals surface area contributed by atoms with Crippen molar-refractivity contribution in [2.45, 2.75) is 0 Å². The van der Waals surface area contributed by atoms with Gasteiger partial charge in [0.15, 0.2) is 0 Å². The SMILES string of the molecule is C#Cc1cccc(NC(=O)c2ccc(C(=O)O)nc2)c1. The number of hydrogen-bond acceptors (Lipinski definition) is 3. The monoisotopic (exact) mass is 266 g/mol. The van der Waals surface area contributed by atoms with E-state index in [2.05, 4.69) is 16.2 Å². The van der Waals surface area contributed by atoms with Crippen LogP contribution in [0.5, 0.6) is 0 Å². The lowest BCUT2D eigenvalue weighted by Crippen LogP contribution is -2.13. The minimum atomic E-state index is -1.14. The van der Waals surface area contributed by atoms with Gasteiger partial charge in [-0.1, -0.05) is 12.0 Å². The van der Waals surface area contributed by atoms with Crippen LogP contribution in [-0.2, 0) is 0 Å². The Morgan fingerprint density at radius 3 is 2.65 bits per heavy atom. The van der Waals surface area contributed by atoms with Gasteiger partial charge in [0.1, 0.15) is 5.69 Å². The first kappa shape index (κ1) is 13.3. The van der Waals surface area contributed by atoms with Gasteiger partial charge >= 0.3 is 5.97 Å². The minimum Gasteiger partial charge on any atom is -0.477 e. The molecule has 0 aliphatic heterocycles. The Morgan fingerprint density at radius 2 is 2.05 bits per heavy atom. The van der Waals surface area contributed by atoms with Gasteiger partial charge in [-0.3, -0.25) is 4.79 Å². The van der Waals surface area contributed by atoms with Gasteiger partial charge in [-0.15, -0.1) is 6.42 Å². The summed E-state index contributed by atoms with van der Waals surface area (Å²) in [6, 6.07) is 9.52. The summed E-state index contributed by atoms with van der Waals surface area (Å²) in [5.74, 6) is 0.946. The second-order valence-electron chi connectivity index (χ2n) is 3.92. The molecule has 0 bridgehead atoms. The van der Waals surface area contributed by atoms with Crippen molar-refractivity contribution in [3.8, 4) is 12.3 Å². The number of carboxylic acid groups (broad SMARTS) is 1. The molecule has 2 aromatic rings. The van der Waals surface area contributed by atoms with Gasteiger partial charge in [0.2, 0.25) is 0 Å². The molecule has 0 unspecified atom stereocenters. The fraction of sp³-hybridized carbons (Fsp3) is 0. The quantitative estimate of drug-likeness (QED) is 0.833. The van der Waals surface area contributed by atoms with Crippen LogP contribution in [0.3, 0.4) is 0 Å². The molecule has 98 valence electrons. The van der Waals surface area contributed by atoms with Gasteiger partial charge in [-0.25, -0.2) is 9.78 Å². The number of anilines is 1. The van der Waals surface area contributed by atoms with Crippen molar-refractivity contribution in [3.05, 3.63) is 59.4 Å². The number of carboxylic acids is 1. The molecule has 0 fully saturated rings. The maximum atomic E-state index is 11.9. The maximum Gasteiger partial charge on any atom is 0.354 e. The summed E-state index contributed by atoms with van der Waals surface area (Å²) in [6.45, 7) is 0. The number of benzene rings is 1. The van der Waals surface area contributed by atoms with Crippen molar-refractivity contribution < 1.29 is 14.7 Å². The number of pyridine rings is 1. The summed E-state index contributed by atoms with van der Waals surface area (Å²) in [6.07, 6.45) is 6.49. The van der Waals surface area contributed by atoms with Crippen molar-refractivity contribution in [2.75, 3.05) is 5.32 Å². The van der Waals surface area contributed by atoms with E-state index in [4.69, 9.17) is 11.5 Å². The van der Waals surface area contributed by atoms with Crippen LogP contribution in [0, 0.1) is 12.3 Å². The van der Waals surface area contributed by atoms with Gasteiger partial charge in [0, 0.05) is 17.4 Å². The molecule has 0 atom stereocenters. The normalized spacial score (nSPS) is 9.55. The highest BCUT2D eigenvalue weighted by atomic mass is 16.4. The molecule has 2 N–H and O–H groups in total. The summed E-state index contributed by atoms with van der Waals surface area (Å²) in [5.41, 5.74) is 1.37. The van der Waals surface area contributed by atoms with Crippen molar-refractivity contribution in [1.29, 1.82) is 0 Å². The first-order valence-electron chi connectivity index (χ1n) is 5.67. The number of amides is 1. The molecule has 1 aromatic carbocycles. The van der Waals surface area contributed by atoms with Gasteiger partial charge in [-0.05, 0) is 30.3 Å². The fourth-order valence-corrected chi connectivity index (χ4v) is 1.54. The van der Waals surface area contributed by atoms with Crippen LogP contribution in [0.1, 0.15) is 26.4 Å². The number of rotatable bonds is 3. The standard InChI is InChI=1S/C15H10N2O3/c1-2-10-4-3-5-12(8-10)17-14(18)11-6-7-13(15(19)20)16-9-11/h1,3-9H,(H,17,18)(H,19,20). The summed E-state index contributed by atoms with van der Waals surface area (Å²) >= 11 is 0. The molecule has 20 heavy (non-hydrogen) atoms. The number of hydrogen-bond donors (Lipinski definition) is 2. The third-order valence-electron chi connectivity index (χ3n) is 2.53. The van der Waals surface area contributed by atoms with Gasteiger partial charge in [0.05, 0.1) is 5.56 Å². The first-order valence-corrected chi connectivity index (χ1v) is 5.67. The van der Waals surface area contributed by atoms with Crippen molar-refractivity contribution in [3.63, 3.8) is 0 Å². The zero-order valence-electron chi connectivity index (χ0n) is 10.3. The highest BCUT2D eigenvalue weighted by Crippen LogP contribution is 2.11. The van der Waals surface area contributed by atoms with Crippen LogP contribution >= 0.6 is 0 Å². The van der Waals surface area contributed by atoms with Gasteiger partial charge in [-0.2, -0.15) is 0 Å². The van der Waals surface area contributed by atoms with Crippen molar-refractivity contribution >= 4 is 17.6 Å². The van der Waals surface area contributed by atoms with E-state index < -0.39 is 5.97 Å². The largest absolute Gasteiger partial charge is 0.477 e. The van der Waals surface area contributed by atoms with E-state index in [1.807, 2.05) is 0 Å². The van der Waals surface area contributed by atoms with Crippen LogP contribution in [0.25, 0.3) is 0 Å². The lowest BCUT2D eigenvalue weighted by atomic mass is 10.2. The molecule has 1 heterocycles. The molecular formula is C15H10N2O3. The molecule has 0 radical (unpaired) electrons. The van der Waals surface area contributed by atoms with Crippen LogP contribution in [0.4, 0.5) is 5.69 Å². The van der Waals surface area contributed by atoms with E-state index in [0.29, 0.717) is 11.3 Å². The van der Waals surface area contributed by atoms with E-state index in [1.165, 1.54) is 18.3 Å². The Kier molecular flexibility index (Phi) is 3.77. The Balaban J connectivity index is 2.15. The predicted molar refractivity (Wildman–Crippen MR) is 73.5 cm³/mol. The molecule has 5 nitrogen and oxygen atoms in total. The number of aromatic nitrogens is 1. The van der Waals surface area contributed by atoms with Crippen LogP contribution < -0.4 is 5.32 Å². The Bertz CT molecular complexity index is 700. The molecular weight excluding hydrogens is 256 g/mol. The van der Waals surface area contributed by atoms with Crippen molar-refractivity contribution in [1.82, 2.24) is 4.98 Å². The van der Waals surface area contributed by atoms with Crippen LogP contribution in [-0.4, -0.2) is 22.0 Å². The molecule has 0 aliphatic rings. The lowest BCUT2D eigenvalue weighted by molar-refractivity contribution is 0.0690. The summed E-state index contributed by atoms with van der Waals surface area (Å²) in [4.78, 5) is 26.3. The number of terminal acetylenes is 1. The van der Waals surface area contributed by atoms with E-state index in [1.54, 1.807) is 24.3 Å². The number of nitrogens with one attached hydrogen (secondary N) is 1. The molecule has 1 aromatic heterocycles. The first-order chi connectivity index (χ1) is 9.60. The average Bonchev–Trinajstić information content (AvgIpc) is 2.47. The fourth-order valence-electron chi connectivity index (χ4n) is 1.54. The summed E-state index contributed by atoms with van der Waals surface area (Å²) in [5, 5.41) is 11.4. The number of carbonyl (C=O) groups excluding carboxylic acids is 1. The Hall–Kier alpha value is -3.13. The molecule has 0 aliphatic carbocycles. The Morgan fingerprint density at radius 1 is 1.25 bits per heavy atom. The smallest absolute Gasteiger partial charge is 0.354 e. The van der Waals surface area contributed by atoms with Crippen molar-refractivity contribution in [2.24, 2.45) is 0 Å². The zero-order chi connectivity index (χ0) is 14.5. The van der Waals surface area contributed by atoms with E-state index >= 15 is 0 Å². The topological polar surface area (TPSA) is 79.3 Å². The maximum absolute atomic E-state index is 11.9. The second-order valence-corrected chi connectivity index (χ2v) is 3.92. The third-order valence-corrected chi connectivity index (χ3v) is 2.53. The minimum absolute atomic E-state index is 0.115. The molecule has 5 heteroatoms. The molecule has 0 saturated heterocycles. The average molecular weight is 266 g/mol. The van der Waals surface area contributed by atoms with Gasteiger partial charge < -0.3 is 10.4 Å². The summed E-state index contributed by atoms with van der Waals surface area (Å²) < 4.78 is 0. The highest BCUT2D eigenvalue weighted by molar-refractivity contribution is 6.04. The molecule has 2 rings (SSSR count). The lowest BCUT2D eigenvalue weighted by Gasteiger charge is -2.05. The highest BCUT2D eigenvalue weighted by Gasteiger charge is 2.09. The molecule has 1 amide bonds. The van der Waals surface area contributed by atoms with E-state index in [-0.39, 0.29) is 17.2 Å². The second kappa shape index (κ2) is 5.67. The van der Waals surface area contributed by atoms with Crippen LogP contribution in [0.2, 0.25) is 0 Å². The molecule has 0 saturated carbocycles. The summed E-state index contributed by atoms with van der Waals surface area (Å²) in [7, 11) is 0.